The number of nitrogens with zero attached hydrogens (tertiary/aromatic N) is 1. The molecule has 2 aromatic rings. The summed E-state index contributed by atoms with van der Waals surface area (Å²) in [5.41, 5.74) is 0.626. The van der Waals surface area contributed by atoms with Gasteiger partial charge in [-0.15, -0.1) is 24.8 Å². The van der Waals surface area contributed by atoms with Crippen LogP contribution in [0.3, 0.4) is 0 Å². The zero-order valence-electron chi connectivity index (χ0n) is 13.6. The van der Waals surface area contributed by atoms with E-state index in [9.17, 15) is 9.18 Å². The van der Waals surface area contributed by atoms with Crippen molar-refractivity contribution in [1.29, 1.82) is 0 Å². The van der Waals surface area contributed by atoms with E-state index in [0.717, 1.165) is 13.1 Å². The number of hydrogen-bond acceptors (Lipinski definition) is 4. The van der Waals surface area contributed by atoms with E-state index >= 15 is 0 Å². The van der Waals surface area contributed by atoms with E-state index in [2.05, 4.69) is 15.6 Å². The summed E-state index contributed by atoms with van der Waals surface area (Å²) in [7, 11) is 0. The van der Waals surface area contributed by atoms with E-state index in [0.29, 0.717) is 23.2 Å². The van der Waals surface area contributed by atoms with Crippen molar-refractivity contribution in [1.82, 2.24) is 10.3 Å². The van der Waals surface area contributed by atoms with E-state index in [-0.39, 0.29) is 42.5 Å². The number of anilines is 1. The Labute approximate surface area is 158 Å². The van der Waals surface area contributed by atoms with E-state index in [1.54, 1.807) is 18.3 Å². The molecule has 0 bridgehead atoms. The first kappa shape index (κ1) is 21.2. The van der Waals surface area contributed by atoms with E-state index in [1.165, 1.54) is 24.3 Å². The Hall–Kier alpha value is -1.89. The lowest BCUT2D eigenvalue weighted by Crippen LogP contribution is -2.48. The minimum absolute atomic E-state index is 0. The van der Waals surface area contributed by atoms with Crippen LogP contribution in [0.25, 0.3) is 0 Å². The van der Waals surface area contributed by atoms with Crippen LogP contribution in [0.5, 0.6) is 11.6 Å². The Morgan fingerprint density at radius 2 is 1.92 bits per heavy atom. The highest BCUT2D eigenvalue weighted by Gasteiger charge is 2.28. The molecule has 1 unspecified atom stereocenters. The monoisotopic (exact) mass is 387 g/mol. The molecule has 0 aliphatic carbocycles. The second-order valence-electron chi connectivity index (χ2n) is 5.64. The maximum atomic E-state index is 12.8. The molecule has 1 atom stereocenters. The Kier molecular flexibility index (Phi) is 8.09. The first-order valence-electron chi connectivity index (χ1n) is 7.53. The Balaban J connectivity index is 0.00000156. The van der Waals surface area contributed by atoms with Crippen molar-refractivity contribution in [2.24, 2.45) is 11.8 Å². The molecule has 3 rings (SSSR count). The van der Waals surface area contributed by atoms with Gasteiger partial charge in [-0.1, -0.05) is 6.92 Å². The number of benzene rings is 1. The van der Waals surface area contributed by atoms with Gasteiger partial charge in [-0.05, 0) is 49.3 Å². The lowest BCUT2D eigenvalue weighted by Gasteiger charge is -2.31. The molecule has 0 radical (unpaired) electrons. The lowest BCUT2D eigenvalue weighted by atomic mass is 9.88. The zero-order chi connectivity index (χ0) is 16.2. The van der Waals surface area contributed by atoms with Gasteiger partial charge >= 0.3 is 0 Å². The molecule has 1 amide bonds. The molecule has 5 nitrogen and oxygen atoms in total. The summed E-state index contributed by atoms with van der Waals surface area (Å²) in [5, 5.41) is 6.02. The van der Waals surface area contributed by atoms with Crippen LogP contribution in [0, 0.1) is 17.7 Å². The highest BCUT2D eigenvalue weighted by atomic mass is 35.5. The average Bonchev–Trinajstić information content (AvgIpc) is 2.50. The van der Waals surface area contributed by atoms with Crippen LogP contribution in [-0.4, -0.2) is 24.0 Å². The first-order valence-corrected chi connectivity index (χ1v) is 7.53. The van der Waals surface area contributed by atoms with Gasteiger partial charge in [0.1, 0.15) is 11.6 Å². The molecule has 25 heavy (non-hydrogen) atoms. The molecule has 136 valence electrons. The summed E-state index contributed by atoms with van der Waals surface area (Å²) < 4.78 is 18.3. The summed E-state index contributed by atoms with van der Waals surface area (Å²) in [4.78, 5) is 16.3. The van der Waals surface area contributed by atoms with E-state index in [4.69, 9.17) is 4.74 Å². The summed E-state index contributed by atoms with van der Waals surface area (Å²) in [6, 6.07) is 9.09. The molecule has 8 heteroatoms. The number of pyridine rings is 1. The van der Waals surface area contributed by atoms with Gasteiger partial charge in [0.15, 0.2) is 0 Å². The summed E-state index contributed by atoms with van der Waals surface area (Å²) in [5.74, 6) is 0.910. The minimum Gasteiger partial charge on any atom is -0.439 e. The van der Waals surface area contributed by atoms with Crippen molar-refractivity contribution < 1.29 is 13.9 Å². The van der Waals surface area contributed by atoms with Crippen molar-refractivity contribution in [3.63, 3.8) is 0 Å². The van der Waals surface area contributed by atoms with Gasteiger partial charge in [0.2, 0.25) is 11.8 Å². The van der Waals surface area contributed by atoms with Gasteiger partial charge in [-0.2, -0.15) is 0 Å². The number of aromatic nitrogens is 1. The van der Waals surface area contributed by atoms with Crippen LogP contribution in [0.15, 0.2) is 42.6 Å². The predicted octanol–water partition coefficient (Wildman–Crippen LogP) is 3.65. The smallest absolute Gasteiger partial charge is 0.227 e. The van der Waals surface area contributed by atoms with Crippen LogP contribution in [0.2, 0.25) is 0 Å². The van der Waals surface area contributed by atoms with Crippen LogP contribution < -0.4 is 15.4 Å². The maximum Gasteiger partial charge on any atom is 0.227 e. The molecule has 1 aliphatic rings. The molecule has 2 N–H and O–H groups in total. The lowest BCUT2D eigenvalue weighted by molar-refractivity contribution is -0.121. The summed E-state index contributed by atoms with van der Waals surface area (Å²) >= 11 is 0. The molecule has 1 aromatic carbocycles. The molecular weight excluding hydrogens is 368 g/mol. The van der Waals surface area contributed by atoms with Crippen LogP contribution in [0.1, 0.15) is 6.92 Å². The molecule has 1 aliphatic heterocycles. The topological polar surface area (TPSA) is 63.2 Å². The molecule has 1 aromatic heterocycles. The number of nitrogens with one attached hydrogen (secondary N) is 2. The standard InChI is InChI=1S/C17H18FN3O2.2ClH/c1-11(12-8-19-9-12)17(22)21-14-4-7-16(20-10-14)23-15-5-2-13(18)3-6-15;;/h2-7,10-12,19H,8-9H2,1H3,(H,21,22);2*1H. The van der Waals surface area contributed by atoms with Crippen molar-refractivity contribution >= 4 is 36.4 Å². The van der Waals surface area contributed by atoms with Gasteiger partial charge in [0.05, 0.1) is 11.9 Å². The number of halogens is 3. The van der Waals surface area contributed by atoms with Crippen LogP contribution >= 0.6 is 24.8 Å². The van der Waals surface area contributed by atoms with Gasteiger partial charge in [0.25, 0.3) is 0 Å². The number of rotatable bonds is 5. The molecule has 1 saturated heterocycles. The number of carbonyl (C=O) groups is 1. The highest BCUT2D eigenvalue weighted by molar-refractivity contribution is 5.92. The van der Waals surface area contributed by atoms with Gasteiger partial charge in [-0.3, -0.25) is 4.79 Å². The first-order chi connectivity index (χ1) is 11.1. The average molecular weight is 388 g/mol. The number of ether oxygens (including phenoxy) is 1. The summed E-state index contributed by atoms with van der Waals surface area (Å²) in [6.45, 7) is 3.70. The summed E-state index contributed by atoms with van der Waals surface area (Å²) in [6.07, 6.45) is 1.54. The second kappa shape index (κ2) is 9.56. The SMILES string of the molecule is CC(C(=O)Nc1ccc(Oc2ccc(F)cc2)nc1)C1CNC1.Cl.Cl. The molecular formula is C17H20Cl2FN3O2. The van der Waals surface area contributed by atoms with Crippen molar-refractivity contribution in [3.8, 4) is 11.6 Å². The third kappa shape index (κ3) is 5.56. The molecule has 0 spiro atoms. The van der Waals surface area contributed by atoms with Crippen molar-refractivity contribution in [2.45, 2.75) is 6.92 Å². The normalized spacial score (nSPS) is 14.3. The fourth-order valence-corrected chi connectivity index (χ4v) is 2.27. The third-order valence-corrected chi connectivity index (χ3v) is 3.97. The second-order valence-corrected chi connectivity index (χ2v) is 5.64. The zero-order valence-corrected chi connectivity index (χ0v) is 15.2. The van der Waals surface area contributed by atoms with Crippen molar-refractivity contribution in [2.75, 3.05) is 18.4 Å². The van der Waals surface area contributed by atoms with E-state index in [1.807, 2.05) is 6.92 Å². The Morgan fingerprint density at radius 1 is 1.24 bits per heavy atom. The predicted molar refractivity (Wildman–Crippen MR) is 99.4 cm³/mol. The van der Waals surface area contributed by atoms with Crippen LogP contribution in [-0.2, 0) is 4.79 Å². The fourth-order valence-electron chi connectivity index (χ4n) is 2.27. The largest absolute Gasteiger partial charge is 0.439 e. The quantitative estimate of drug-likeness (QED) is 0.821. The number of hydrogen-bond donors (Lipinski definition) is 2. The minimum atomic E-state index is -0.320. The maximum absolute atomic E-state index is 12.8. The number of carbonyl (C=O) groups excluding carboxylic acids is 1. The fraction of sp³-hybridized carbons (Fsp3) is 0.294. The van der Waals surface area contributed by atoms with Gasteiger partial charge in [-0.25, -0.2) is 9.37 Å². The Bertz CT molecular complexity index is 679. The number of amides is 1. The molecule has 1 fully saturated rings. The van der Waals surface area contributed by atoms with Crippen LogP contribution in [0.4, 0.5) is 10.1 Å². The molecule has 2 heterocycles. The van der Waals surface area contributed by atoms with Gasteiger partial charge < -0.3 is 15.4 Å². The molecule has 0 saturated carbocycles. The third-order valence-electron chi connectivity index (χ3n) is 3.97. The highest BCUT2D eigenvalue weighted by Crippen LogP contribution is 2.22. The Morgan fingerprint density at radius 3 is 2.44 bits per heavy atom. The van der Waals surface area contributed by atoms with Gasteiger partial charge in [0, 0.05) is 12.0 Å². The van der Waals surface area contributed by atoms with Crippen molar-refractivity contribution in [3.05, 3.63) is 48.4 Å². The van der Waals surface area contributed by atoms with E-state index < -0.39 is 0 Å².